The summed E-state index contributed by atoms with van der Waals surface area (Å²) in [6, 6.07) is 28.6. The summed E-state index contributed by atoms with van der Waals surface area (Å²) in [4.78, 5) is 97.4. The van der Waals surface area contributed by atoms with E-state index >= 15 is 0 Å². The number of aliphatic hydroxyl groups is 1. The molecule has 560 valence electrons. The van der Waals surface area contributed by atoms with E-state index in [0.717, 1.165) is 222 Å². The number of benzene rings is 4. The lowest BCUT2D eigenvalue weighted by molar-refractivity contribution is -0.129. The third-order valence-electron chi connectivity index (χ3n) is 23.6. The monoisotopic (exact) mass is 1430 g/mol. The SMILES string of the molecule is COC(=O)N1c2ccc3c(nc(CCn4ccccc4=O)n3CCNCC(=O)N3CCCC3)c2CC[C@@H]1C.COC(=O)N1c2ccc3c(nc(C[C@@H]4CCCC[C@H]4O)n3[C@@H]3CCC[C@@H](C(C)=O)C3)c2CC[C@@H]1C.COC(=O)N1c2ccc3c(nc(Cc4ccccc4)n3CC3CCNCC3)c2CC[C@@H]1C. The highest BCUT2D eigenvalue weighted by atomic mass is 16.6. The number of ether oxygens (including phenoxy) is 3. The van der Waals surface area contributed by atoms with E-state index in [-0.39, 0.29) is 77.6 Å². The Morgan fingerprint density at radius 2 is 1.13 bits per heavy atom. The molecule has 7 atom stereocenters. The first-order valence-corrected chi connectivity index (χ1v) is 38.7. The smallest absolute Gasteiger partial charge is 0.414 e. The number of hydrogen-bond donors (Lipinski definition) is 3. The molecule has 2 saturated heterocycles. The zero-order valence-electron chi connectivity index (χ0n) is 62.5. The van der Waals surface area contributed by atoms with Gasteiger partial charge < -0.3 is 53.1 Å². The topological polar surface area (TPSA) is 246 Å². The van der Waals surface area contributed by atoms with Gasteiger partial charge in [0, 0.05) is 118 Å². The number of imidazole rings is 3. The molecule has 3 N–H and O–H groups in total. The minimum absolute atomic E-state index is 0.0382. The Hall–Kier alpha value is -8.93. The molecule has 7 aliphatic rings. The quantitative estimate of drug-likeness (QED) is 0.0601. The Morgan fingerprint density at radius 3 is 1.71 bits per heavy atom. The summed E-state index contributed by atoms with van der Waals surface area (Å²) in [7, 11) is 4.29. The summed E-state index contributed by atoms with van der Waals surface area (Å²) in [5, 5.41) is 17.5. The molecule has 4 fully saturated rings. The van der Waals surface area contributed by atoms with Crippen molar-refractivity contribution in [2.75, 3.05) is 75.3 Å². The van der Waals surface area contributed by atoms with Crippen LogP contribution in [-0.4, -0.2) is 158 Å². The standard InChI is InChI=1S/C28H36N6O4.C28H39N3O4.C26H32N4O2/c1-20-8-9-21-22(34(20)28(37)38-2)10-11-23-27(21)30-24(12-17-32-14-4-3-7-25(32)35)33(23)18-13-29-19-26(36)31-15-5-6-16-31;1-17-11-12-22-23(30(17)28(34)35-3)13-14-24-27(22)29-26(16-20-7-4-5-10-25(20)33)31(24)21-9-6-8-19(15-21)18(2)32;1-18-8-9-21-22(30(18)26(31)32-2)10-11-23-25(21)28-24(16-19-6-4-3-5-7-19)29(23)17-20-12-14-27-15-13-20/h3-4,7,10-11,14,20,29H,5-6,8-9,12-13,15-19H2,1-2H3;13-14,17,19-21,25,33H,4-12,15-16H2,1-3H3;3-7,10-11,18,20,27H,8-9,12-17H2,1-2H3/t20-;17-,19+,20-,21+,25+;18-/m000/s1. The second-order valence-corrected chi connectivity index (χ2v) is 30.2. The molecule has 2 saturated carbocycles. The molecule has 15 rings (SSSR count). The Labute approximate surface area is 616 Å². The van der Waals surface area contributed by atoms with Gasteiger partial charge in [-0.05, 0) is 197 Å². The van der Waals surface area contributed by atoms with Gasteiger partial charge in [0.2, 0.25) is 5.91 Å². The first-order valence-electron chi connectivity index (χ1n) is 38.7. The number of carbonyl (C=O) groups excluding carboxylic acids is 5. The number of likely N-dealkylation sites (tertiary alicyclic amines) is 1. The molecule has 0 bridgehead atoms. The van der Waals surface area contributed by atoms with Crippen LogP contribution in [-0.2, 0) is 82.0 Å². The van der Waals surface area contributed by atoms with Crippen molar-refractivity contribution in [3.8, 4) is 0 Å². The van der Waals surface area contributed by atoms with E-state index in [2.05, 4.69) is 86.7 Å². The van der Waals surface area contributed by atoms with Crippen LogP contribution in [0.2, 0.25) is 0 Å². The number of fused-ring (bicyclic) bond motifs is 9. The number of nitrogens with one attached hydrogen (secondary N) is 2. The first kappa shape index (κ1) is 74.3. The molecule has 0 radical (unpaired) electrons. The Balaban J connectivity index is 0.000000140. The van der Waals surface area contributed by atoms with Gasteiger partial charge in [-0.3, -0.25) is 29.1 Å². The second-order valence-electron chi connectivity index (χ2n) is 30.2. The predicted molar refractivity (Wildman–Crippen MR) is 408 cm³/mol. The summed E-state index contributed by atoms with van der Waals surface area (Å²) in [5.74, 6) is 4.42. The van der Waals surface area contributed by atoms with Crippen molar-refractivity contribution in [1.29, 1.82) is 0 Å². The fraction of sp³-hybridized carbons (Fsp3) is 0.549. The number of nitrogens with zero attached hydrogens (tertiary/aromatic N) is 11. The van der Waals surface area contributed by atoms with Crippen molar-refractivity contribution in [2.45, 2.75) is 212 Å². The van der Waals surface area contributed by atoms with Crippen LogP contribution in [0.1, 0.15) is 170 Å². The maximum absolute atomic E-state index is 12.6. The zero-order chi connectivity index (χ0) is 73.4. The number of aliphatic hydroxyl groups excluding tert-OH is 1. The van der Waals surface area contributed by atoms with E-state index in [4.69, 9.17) is 29.2 Å². The van der Waals surface area contributed by atoms with Crippen LogP contribution in [0.5, 0.6) is 0 Å². The number of pyridine rings is 1. The molecule has 23 heteroatoms. The van der Waals surface area contributed by atoms with Crippen LogP contribution in [0.25, 0.3) is 33.1 Å². The van der Waals surface area contributed by atoms with Gasteiger partial charge in [-0.1, -0.05) is 55.7 Å². The van der Waals surface area contributed by atoms with Gasteiger partial charge in [-0.2, -0.15) is 0 Å². The van der Waals surface area contributed by atoms with Gasteiger partial charge in [-0.15, -0.1) is 0 Å². The van der Waals surface area contributed by atoms with Crippen LogP contribution >= 0.6 is 0 Å². The molecule has 105 heavy (non-hydrogen) atoms. The van der Waals surface area contributed by atoms with Crippen molar-refractivity contribution in [3.05, 3.63) is 141 Å². The summed E-state index contributed by atoms with van der Waals surface area (Å²) >= 11 is 0. The van der Waals surface area contributed by atoms with E-state index in [1.165, 1.54) is 50.8 Å². The minimum atomic E-state index is -0.368. The average Bonchev–Trinajstić information content (AvgIpc) is 1.65. The summed E-state index contributed by atoms with van der Waals surface area (Å²) in [6.45, 7) is 14.9. The van der Waals surface area contributed by atoms with Crippen LogP contribution < -0.4 is 30.9 Å². The number of aromatic nitrogens is 7. The zero-order valence-corrected chi connectivity index (χ0v) is 62.5. The largest absolute Gasteiger partial charge is 0.452 e. The van der Waals surface area contributed by atoms with Crippen molar-refractivity contribution in [1.82, 2.24) is 48.8 Å². The highest BCUT2D eigenvalue weighted by molar-refractivity contribution is 5.98. The van der Waals surface area contributed by atoms with Gasteiger partial charge >= 0.3 is 18.3 Å². The third kappa shape index (κ3) is 16.1. The van der Waals surface area contributed by atoms with E-state index < -0.39 is 0 Å². The highest BCUT2D eigenvalue weighted by Gasteiger charge is 2.38. The Bertz CT molecular complexity index is 4470. The number of carbonyl (C=O) groups is 5. The lowest BCUT2D eigenvalue weighted by atomic mass is 9.82. The van der Waals surface area contributed by atoms with Crippen LogP contribution in [0.15, 0.2) is 95.9 Å². The Kier molecular flexibility index (Phi) is 23.8. The molecule has 4 amide bonds. The number of aryl methyl sites for hydroxylation is 5. The van der Waals surface area contributed by atoms with Gasteiger partial charge in [0.05, 0.1) is 84.1 Å². The number of amides is 4. The van der Waals surface area contributed by atoms with Gasteiger partial charge in [0.1, 0.15) is 23.3 Å². The molecule has 4 aromatic heterocycles. The molecule has 0 unspecified atom stereocenters. The van der Waals surface area contributed by atoms with Gasteiger partial charge in [-0.25, -0.2) is 29.3 Å². The van der Waals surface area contributed by atoms with E-state index in [1.807, 2.05) is 36.1 Å². The fourth-order valence-electron chi connectivity index (χ4n) is 17.7. The highest BCUT2D eigenvalue weighted by Crippen LogP contribution is 2.44. The number of methoxy groups -OCH3 is 3. The molecule has 23 nitrogen and oxygen atoms in total. The number of anilines is 3. The van der Waals surface area contributed by atoms with Gasteiger partial charge in [0.15, 0.2) is 0 Å². The summed E-state index contributed by atoms with van der Waals surface area (Å²) in [6.07, 6.45) is 20.5. The lowest BCUT2D eigenvalue weighted by Crippen LogP contribution is -2.42. The molecule has 4 aromatic carbocycles. The molecule has 9 heterocycles. The van der Waals surface area contributed by atoms with Crippen LogP contribution in [0, 0.1) is 17.8 Å². The normalized spacial score (nSPS) is 21.8. The average molecular weight is 1430 g/mol. The number of Topliss-reactive ketones (excluding diaryl/α,β-unsaturated/α-hetero) is 1. The second kappa shape index (κ2) is 33.7. The van der Waals surface area contributed by atoms with E-state index in [1.54, 1.807) is 44.5 Å². The molecular formula is C82H107N13O10. The predicted octanol–water partition coefficient (Wildman–Crippen LogP) is 12.5. The fourth-order valence-corrected chi connectivity index (χ4v) is 17.7. The first-order chi connectivity index (χ1) is 51.0. The molecule has 8 aromatic rings. The van der Waals surface area contributed by atoms with Crippen molar-refractivity contribution >= 4 is 80.1 Å². The number of rotatable bonds is 16. The molecule has 5 aliphatic heterocycles. The van der Waals surface area contributed by atoms with Crippen LogP contribution in [0.4, 0.5) is 31.4 Å². The molecular weight excluding hydrogens is 1330 g/mol. The van der Waals surface area contributed by atoms with Crippen LogP contribution in [0.3, 0.4) is 0 Å². The van der Waals surface area contributed by atoms with Crippen molar-refractivity contribution in [3.63, 3.8) is 0 Å². The number of piperidine rings is 1. The van der Waals surface area contributed by atoms with E-state index in [0.29, 0.717) is 38.5 Å². The summed E-state index contributed by atoms with van der Waals surface area (Å²) in [5.41, 5.74) is 13.4. The lowest BCUT2D eigenvalue weighted by Gasteiger charge is -2.34. The maximum atomic E-state index is 12.6. The number of hydrogen-bond acceptors (Lipinski definition) is 15. The molecule has 2 aliphatic carbocycles. The maximum Gasteiger partial charge on any atom is 0.414 e. The number of ketones is 1. The molecule has 0 spiro atoms. The van der Waals surface area contributed by atoms with Crippen molar-refractivity contribution < 1.29 is 43.3 Å². The third-order valence-corrected chi connectivity index (χ3v) is 23.6. The minimum Gasteiger partial charge on any atom is -0.452 e. The van der Waals surface area contributed by atoms with E-state index in [9.17, 15) is 33.9 Å². The summed E-state index contributed by atoms with van der Waals surface area (Å²) < 4.78 is 24.0. The Morgan fingerprint density at radius 1 is 0.581 bits per heavy atom. The van der Waals surface area contributed by atoms with Gasteiger partial charge in [0.25, 0.3) is 5.56 Å². The van der Waals surface area contributed by atoms with Crippen molar-refractivity contribution in [2.24, 2.45) is 17.8 Å².